The number of piperidine rings is 1. The maximum atomic E-state index is 11.3. The van der Waals surface area contributed by atoms with Gasteiger partial charge in [0.15, 0.2) is 0 Å². The Morgan fingerprint density at radius 3 is 2.58 bits per heavy atom. The third-order valence-corrected chi connectivity index (χ3v) is 3.42. The van der Waals surface area contributed by atoms with Crippen LogP contribution in [-0.4, -0.2) is 37.2 Å². The highest BCUT2D eigenvalue weighted by molar-refractivity contribution is 5.89. The maximum Gasteiger partial charge on any atom is 0.337 e. The monoisotopic (exact) mass is 263 g/mol. The minimum atomic E-state index is -0.740. The highest BCUT2D eigenvalue weighted by Crippen LogP contribution is 2.23. The summed E-state index contributed by atoms with van der Waals surface area (Å²) in [5.74, 6) is -1.42. The standard InChI is InChI=1S/C14H17NO4/c1-19-14(18)10-4-6-12(7-5-10)15-8-2-3-11(9-15)13(16)17/h4-7,11H,2-3,8-9H2,1H3,(H,16,17). The number of hydrogen-bond acceptors (Lipinski definition) is 4. The Kier molecular flexibility index (Phi) is 4.04. The third-order valence-electron chi connectivity index (χ3n) is 3.42. The van der Waals surface area contributed by atoms with Gasteiger partial charge >= 0.3 is 11.9 Å². The van der Waals surface area contributed by atoms with E-state index in [0.717, 1.165) is 25.1 Å². The van der Waals surface area contributed by atoms with Crippen molar-refractivity contribution in [1.82, 2.24) is 0 Å². The zero-order valence-electron chi connectivity index (χ0n) is 10.8. The first-order valence-electron chi connectivity index (χ1n) is 6.28. The maximum absolute atomic E-state index is 11.3. The number of anilines is 1. The van der Waals surface area contributed by atoms with Gasteiger partial charge in [-0.15, -0.1) is 0 Å². The van der Waals surface area contributed by atoms with Crippen LogP contribution in [0.15, 0.2) is 24.3 Å². The number of carbonyl (C=O) groups is 2. The number of esters is 1. The lowest BCUT2D eigenvalue weighted by atomic mass is 9.97. The van der Waals surface area contributed by atoms with Gasteiger partial charge in [-0.05, 0) is 37.1 Å². The molecule has 1 N–H and O–H groups in total. The predicted octanol–water partition coefficient (Wildman–Crippen LogP) is 1.77. The lowest BCUT2D eigenvalue weighted by Gasteiger charge is -2.32. The Labute approximate surface area is 111 Å². The van der Waals surface area contributed by atoms with E-state index in [1.807, 2.05) is 17.0 Å². The van der Waals surface area contributed by atoms with Gasteiger partial charge in [0.2, 0.25) is 0 Å². The lowest BCUT2D eigenvalue weighted by Crippen LogP contribution is -2.38. The molecule has 2 rings (SSSR count). The minimum Gasteiger partial charge on any atom is -0.481 e. The van der Waals surface area contributed by atoms with Crippen LogP contribution < -0.4 is 4.90 Å². The van der Waals surface area contributed by atoms with Gasteiger partial charge in [0, 0.05) is 18.8 Å². The zero-order chi connectivity index (χ0) is 13.8. The summed E-state index contributed by atoms with van der Waals surface area (Å²) in [6.07, 6.45) is 1.60. The highest BCUT2D eigenvalue weighted by atomic mass is 16.5. The number of hydrogen-bond donors (Lipinski definition) is 1. The van der Waals surface area contributed by atoms with Crippen molar-refractivity contribution in [3.05, 3.63) is 29.8 Å². The number of ether oxygens (including phenoxy) is 1. The molecule has 0 bridgehead atoms. The largest absolute Gasteiger partial charge is 0.481 e. The van der Waals surface area contributed by atoms with Crippen LogP contribution in [-0.2, 0) is 9.53 Å². The Hall–Kier alpha value is -2.04. The van der Waals surface area contributed by atoms with Gasteiger partial charge in [-0.25, -0.2) is 4.79 Å². The van der Waals surface area contributed by atoms with Crippen molar-refractivity contribution in [3.63, 3.8) is 0 Å². The number of rotatable bonds is 3. The van der Waals surface area contributed by atoms with Crippen LogP contribution in [0.1, 0.15) is 23.2 Å². The molecular formula is C14H17NO4. The predicted molar refractivity (Wildman–Crippen MR) is 70.4 cm³/mol. The number of nitrogens with zero attached hydrogens (tertiary/aromatic N) is 1. The summed E-state index contributed by atoms with van der Waals surface area (Å²) < 4.78 is 4.64. The fourth-order valence-electron chi connectivity index (χ4n) is 2.34. The zero-order valence-corrected chi connectivity index (χ0v) is 10.8. The van der Waals surface area contributed by atoms with Crippen molar-refractivity contribution >= 4 is 17.6 Å². The smallest absolute Gasteiger partial charge is 0.337 e. The van der Waals surface area contributed by atoms with Gasteiger partial charge in [-0.3, -0.25) is 4.79 Å². The van der Waals surface area contributed by atoms with Crippen molar-refractivity contribution in [1.29, 1.82) is 0 Å². The third kappa shape index (κ3) is 3.05. The molecule has 1 aliphatic rings. The molecule has 0 radical (unpaired) electrons. The molecule has 0 spiro atoms. The quantitative estimate of drug-likeness (QED) is 0.842. The second kappa shape index (κ2) is 5.73. The Bertz CT molecular complexity index is 469. The first-order chi connectivity index (χ1) is 9.11. The number of carboxylic acids is 1. The molecule has 19 heavy (non-hydrogen) atoms. The number of carbonyl (C=O) groups excluding carboxylic acids is 1. The highest BCUT2D eigenvalue weighted by Gasteiger charge is 2.25. The topological polar surface area (TPSA) is 66.8 Å². The summed E-state index contributed by atoms with van der Waals surface area (Å²) in [7, 11) is 1.35. The van der Waals surface area contributed by atoms with E-state index in [-0.39, 0.29) is 11.9 Å². The Morgan fingerprint density at radius 1 is 1.32 bits per heavy atom. The summed E-state index contributed by atoms with van der Waals surface area (Å²) in [6.45, 7) is 1.37. The van der Waals surface area contributed by atoms with Crippen molar-refractivity contribution in [2.24, 2.45) is 5.92 Å². The summed E-state index contributed by atoms with van der Waals surface area (Å²) in [5.41, 5.74) is 1.44. The fourth-order valence-corrected chi connectivity index (χ4v) is 2.34. The van der Waals surface area contributed by atoms with Crippen molar-refractivity contribution in [2.45, 2.75) is 12.8 Å². The van der Waals surface area contributed by atoms with Crippen LogP contribution in [0.25, 0.3) is 0 Å². The molecule has 0 amide bonds. The molecule has 1 aliphatic heterocycles. The summed E-state index contributed by atoms with van der Waals surface area (Å²) in [5, 5.41) is 9.06. The van der Waals surface area contributed by atoms with E-state index < -0.39 is 5.97 Å². The van der Waals surface area contributed by atoms with Gasteiger partial charge < -0.3 is 14.7 Å². The molecule has 1 saturated heterocycles. The molecule has 0 saturated carbocycles. The molecule has 1 heterocycles. The van der Waals surface area contributed by atoms with Crippen LogP contribution in [0.5, 0.6) is 0 Å². The van der Waals surface area contributed by atoms with Gasteiger partial charge in [-0.2, -0.15) is 0 Å². The van der Waals surface area contributed by atoms with Crippen LogP contribution in [0.2, 0.25) is 0 Å². The molecule has 102 valence electrons. The average Bonchev–Trinajstić information content (AvgIpc) is 2.46. The molecular weight excluding hydrogens is 246 g/mol. The van der Waals surface area contributed by atoms with Crippen LogP contribution in [0.3, 0.4) is 0 Å². The van der Waals surface area contributed by atoms with Gasteiger partial charge in [-0.1, -0.05) is 0 Å². The normalized spacial score (nSPS) is 19.0. The van der Waals surface area contributed by atoms with Gasteiger partial charge in [0.25, 0.3) is 0 Å². The first kappa shape index (κ1) is 13.4. The average molecular weight is 263 g/mol. The molecule has 1 fully saturated rings. The summed E-state index contributed by atoms with van der Waals surface area (Å²) in [4.78, 5) is 24.4. The molecule has 5 nitrogen and oxygen atoms in total. The van der Waals surface area contributed by atoms with E-state index in [0.29, 0.717) is 12.1 Å². The number of methoxy groups -OCH3 is 1. The molecule has 1 aromatic rings. The summed E-state index contributed by atoms with van der Waals surface area (Å²) >= 11 is 0. The molecule has 1 atom stereocenters. The SMILES string of the molecule is COC(=O)c1ccc(N2CCCC(C(=O)O)C2)cc1. The van der Waals surface area contributed by atoms with E-state index in [1.54, 1.807) is 12.1 Å². The van der Waals surface area contributed by atoms with Crippen molar-refractivity contribution < 1.29 is 19.4 Å². The van der Waals surface area contributed by atoms with Crippen molar-refractivity contribution in [3.8, 4) is 0 Å². The fraction of sp³-hybridized carbons (Fsp3) is 0.429. The molecule has 1 unspecified atom stereocenters. The number of aliphatic carboxylic acids is 1. The molecule has 1 aromatic carbocycles. The molecule has 0 aromatic heterocycles. The summed E-state index contributed by atoms with van der Waals surface area (Å²) in [6, 6.07) is 7.06. The van der Waals surface area contributed by atoms with E-state index >= 15 is 0 Å². The van der Waals surface area contributed by atoms with Crippen molar-refractivity contribution in [2.75, 3.05) is 25.1 Å². The molecule has 0 aliphatic carbocycles. The van der Waals surface area contributed by atoms with Crippen LogP contribution in [0, 0.1) is 5.92 Å². The number of benzene rings is 1. The minimum absolute atomic E-state index is 0.311. The van der Waals surface area contributed by atoms with Gasteiger partial charge in [0.1, 0.15) is 0 Å². The van der Waals surface area contributed by atoms with Gasteiger partial charge in [0.05, 0.1) is 18.6 Å². The van der Waals surface area contributed by atoms with E-state index in [1.165, 1.54) is 7.11 Å². The van der Waals surface area contributed by atoms with Crippen LogP contribution >= 0.6 is 0 Å². The number of carboxylic acid groups (broad SMARTS) is 1. The Morgan fingerprint density at radius 2 is 2.00 bits per heavy atom. The second-order valence-corrected chi connectivity index (χ2v) is 4.66. The van der Waals surface area contributed by atoms with E-state index in [2.05, 4.69) is 4.74 Å². The molecule has 5 heteroatoms. The second-order valence-electron chi connectivity index (χ2n) is 4.66. The van der Waals surface area contributed by atoms with Crippen LogP contribution in [0.4, 0.5) is 5.69 Å². The lowest BCUT2D eigenvalue weighted by molar-refractivity contribution is -0.141. The Balaban J connectivity index is 2.09. The first-order valence-corrected chi connectivity index (χ1v) is 6.28. The van der Waals surface area contributed by atoms with E-state index in [4.69, 9.17) is 5.11 Å². The van der Waals surface area contributed by atoms with E-state index in [9.17, 15) is 9.59 Å².